The number of benzene rings is 2. The molecule has 0 fully saturated rings. The van der Waals surface area contributed by atoms with E-state index in [1.54, 1.807) is 0 Å². The zero-order valence-electron chi connectivity index (χ0n) is 24.1. The topological polar surface area (TPSA) is 154 Å². The maximum atomic E-state index is 14.8. The van der Waals surface area contributed by atoms with Gasteiger partial charge in [-0.3, -0.25) is 19.8 Å². The van der Waals surface area contributed by atoms with Crippen molar-refractivity contribution in [2.45, 2.75) is 64.3 Å². The molecule has 3 rings (SSSR count). The summed E-state index contributed by atoms with van der Waals surface area (Å²) >= 11 is 5.79. The van der Waals surface area contributed by atoms with Gasteiger partial charge >= 0.3 is 0 Å². The number of sulfonamides is 1. The van der Waals surface area contributed by atoms with Gasteiger partial charge in [0.15, 0.2) is 23.2 Å². The number of ether oxygens (including phenoxy) is 1. The maximum Gasteiger partial charge on any atom is 0.261 e. The van der Waals surface area contributed by atoms with Gasteiger partial charge in [-0.2, -0.15) is 4.72 Å². The Labute approximate surface area is 253 Å². The molecule has 1 aliphatic carbocycles. The molecule has 2 aromatic carbocycles. The van der Waals surface area contributed by atoms with Crippen molar-refractivity contribution < 1.29 is 41.8 Å². The normalized spacial score (nSPS) is 17.0. The van der Waals surface area contributed by atoms with Crippen molar-refractivity contribution in [3.8, 4) is 11.5 Å². The number of nitrogens with zero attached hydrogens (tertiary/aromatic N) is 1. The first-order chi connectivity index (χ1) is 20.1. The molecule has 0 heterocycles. The third-order valence-electron chi connectivity index (χ3n) is 6.93. The summed E-state index contributed by atoms with van der Waals surface area (Å²) in [5, 5.41) is 20.3. The van der Waals surface area contributed by atoms with Crippen molar-refractivity contribution in [3.63, 3.8) is 0 Å². The van der Waals surface area contributed by atoms with Crippen LogP contribution >= 0.6 is 11.6 Å². The van der Waals surface area contributed by atoms with Gasteiger partial charge in [0.05, 0.1) is 16.2 Å². The first-order valence-corrected chi connectivity index (χ1v) is 15.3. The minimum atomic E-state index is -4.70. The summed E-state index contributed by atoms with van der Waals surface area (Å²) in [6.07, 6.45) is 0.750. The summed E-state index contributed by atoms with van der Waals surface area (Å²) in [5.41, 5.74) is 1.38. The number of rotatable bonds is 12. The van der Waals surface area contributed by atoms with E-state index in [0.717, 1.165) is 0 Å². The maximum absolute atomic E-state index is 14.8. The fraction of sp³-hybridized carbons (Fsp3) is 0.414. The average molecular weight is 642 g/mol. The number of hydroxylamine groups is 1. The van der Waals surface area contributed by atoms with Gasteiger partial charge in [0.2, 0.25) is 10.0 Å². The fourth-order valence-electron chi connectivity index (χ4n) is 4.55. The van der Waals surface area contributed by atoms with Gasteiger partial charge in [0.1, 0.15) is 17.6 Å². The summed E-state index contributed by atoms with van der Waals surface area (Å²) in [4.78, 5) is 28.9. The van der Waals surface area contributed by atoms with Crippen molar-refractivity contribution in [3.05, 3.63) is 64.4 Å². The predicted octanol–water partition coefficient (Wildman–Crippen LogP) is 5.64. The molecule has 0 bridgehead atoms. The lowest BCUT2D eigenvalue weighted by atomic mass is 9.74. The van der Waals surface area contributed by atoms with Crippen LogP contribution in [-0.4, -0.2) is 48.7 Å². The van der Waals surface area contributed by atoms with Gasteiger partial charge in [-0.1, -0.05) is 39.3 Å². The summed E-state index contributed by atoms with van der Waals surface area (Å²) in [5.74, 6) is -5.20. The van der Waals surface area contributed by atoms with Crippen molar-refractivity contribution in [2.75, 3.05) is 6.54 Å². The van der Waals surface area contributed by atoms with Crippen molar-refractivity contribution in [2.24, 2.45) is 16.3 Å². The second-order valence-electron chi connectivity index (χ2n) is 11.0. The summed E-state index contributed by atoms with van der Waals surface area (Å²) in [6.45, 7) is 7.22. The van der Waals surface area contributed by atoms with E-state index < -0.39 is 49.7 Å². The van der Waals surface area contributed by atoms with Crippen LogP contribution in [0.4, 0.5) is 8.78 Å². The molecule has 1 aliphatic rings. The SMILES string of the molecule is CCC(C)C(=NCCC(NS(=O)(=O)c1cc(F)c(Oc2ccc(Cl)cc2)c(F)c1)C(=O)NO)C1=C(O)CC(C)(C)CC1=O. The monoisotopic (exact) mass is 641 g/mol. The van der Waals surface area contributed by atoms with E-state index in [1.807, 2.05) is 32.4 Å². The van der Waals surface area contributed by atoms with Gasteiger partial charge in [0, 0.05) is 24.4 Å². The predicted molar refractivity (Wildman–Crippen MR) is 156 cm³/mol. The molecular formula is C29H34ClF2N3O7S. The van der Waals surface area contributed by atoms with Gasteiger partial charge in [0.25, 0.3) is 5.91 Å². The summed E-state index contributed by atoms with van der Waals surface area (Å²) in [6, 6.07) is 5.03. The van der Waals surface area contributed by atoms with Crippen LogP contribution in [-0.2, 0) is 19.6 Å². The molecule has 43 heavy (non-hydrogen) atoms. The number of allylic oxidation sites excluding steroid dienone is 2. The highest BCUT2D eigenvalue weighted by atomic mass is 35.5. The van der Waals surface area contributed by atoms with E-state index in [1.165, 1.54) is 29.7 Å². The van der Waals surface area contributed by atoms with Gasteiger partial charge in [-0.05, 0) is 60.6 Å². The van der Waals surface area contributed by atoms with E-state index in [2.05, 4.69) is 4.99 Å². The number of amides is 1. The van der Waals surface area contributed by atoms with Crippen molar-refractivity contribution >= 4 is 39.0 Å². The number of halogens is 3. The Bertz CT molecular complexity index is 1520. The Kier molecular flexibility index (Phi) is 11.0. The Morgan fingerprint density at radius 2 is 1.77 bits per heavy atom. The van der Waals surface area contributed by atoms with Crippen LogP contribution in [0.5, 0.6) is 11.5 Å². The van der Waals surface area contributed by atoms with E-state index in [9.17, 15) is 37.1 Å². The Morgan fingerprint density at radius 3 is 2.30 bits per heavy atom. The number of carbonyl (C=O) groups is 2. The van der Waals surface area contributed by atoms with E-state index >= 15 is 0 Å². The van der Waals surface area contributed by atoms with Crippen LogP contribution in [0.2, 0.25) is 5.02 Å². The fourth-order valence-corrected chi connectivity index (χ4v) is 5.93. The molecule has 0 radical (unpaired) electrons. The molecule has 234 valence electrons. The second kappa shape index (κ2) is 13.9. The standard InChI is InChI=1S/C29H34ClF2N3O7S/c1-5-16(2)26(25-23(36)14-29(3,4)15-24(25)37)33-11-10-22(28(38)34-39)35-43(40,41)19-12-20(31)27(21(32)13-19)42-18-8-6-17(30)7-9-18/h6-9,12-13,16,22,35-36,39H,5,10-11,14-15H2,1-4H3,(H,34,38). The third-order valence-corrected chi connectivity index (χ3v) is 8.63. The minimum absolute atomic E-state index is 0.0515. The summed E-state index contributed by atoms with van der Waals surface area (Å²) in [7, 11) is -4.70. The Balaban J connectivity index is 1.84. The van der Waals surface area contributed by atoms with E-state index in [-0.39, 0.29) is 54.6 Å². The molecule has 2 aromatic rings. The summed E-state index contributed by atoms with van der Waals surface area (Å²) < 4.78 is 62.9. The number of hydrogen-bond donors (Lipinski definition) is 4. The third kappa shape index (κ3) is 8.59. The molecule has 0 aromatic heterocycles. The minimum Gasteiger partial charge on any atom is -0.511 e. The number of aliphatic hydroxyl groups excluding tert-OH is 1. The molecule has 0 aliphatic heterocycles. The highest BCUT2D eigenvalue weighted by Gasteiger charge is 2.36. The van der Waals surface area contributed by atoms with Crippen LogP contribution in [0.1, 0.15) is 53.4 Å². The van der Waals surface area contributed by atoms with Crippen molar-refractivity contribution in [1.29, 1.82) is 0 Å². The largest absolute Gasteiger partial charge is 0.511 e. The second-order valence-corrected chi connectivity index (χ2v) is 13.2. The number of ketones is 1. The average Bonchev–Trinajstić information content (AvgIpc) is 2.92. The lowest BCUT2D eigenvalue weighted by molar-refractivity contribution is -0.131. The lowest BCUT2D eigenvalue weighted by Gasteiger charge is -2.31. The number of Topliss-reactive ketones (excluding diaryl/α,β-unsaturated/α-hetero) is 1. The first kappa shape index (κ1) is 34.1. The zero-order valence-corrected chi connectivity index (χ0v) is 25.7. The quantitative estimate of drug-likeness (QED) is 0.133. The lowest BCUT2D eigenvalue weighted by Crippen LogP contribution is -2.46. The smallest absolute Gasteiger partial charge is 0.261 e. The molecule has 2 unspecified atom stereocenters. The highest BCUT2D eigenvalue weighted by molar-refractivity contribution is 7.89. The molecule has 0 spiro atoms. The number of aliphatic imine (C=N–C) groups is 1. The molecule has 10 nitrogen and oxygen atoms in total. The number of hydrogen-bond acceptors (Lipinski definition) is 8. The van der Waals surface area contributed by atoms with Crippen LogP contribution in [0.25, 0.3) is 0 Å². The molecule has 1 amide bonds. The van der Waals surface area contributed by atoms with Crippen LogP contribution < -0.4 is 14.9 Å². The Morgan fingerprint density at radius 1 is 1.16 bits per heavy atom. The van der Waals surface area contributed by atoms with Gasteiger partial charge < -0.3 is 9.84 Å². The van der Waals surface area contributed by atoms with Crippen molar-refractivity contribution in [1.82, 2.24) is 10.2 Å². The Hall–Kier alpha value is -3.39. The van der Waals surface area contributed by atoms with E-state index in [0.29, 0.717) is 29.3 Å². The number of aliphatic hydroxyl groups is 1. The highest BCUT2D eigenvalue weighted by Crippen LogP contribution is 2.37. The molecule has 4 N–H and O–H groups in total. The van der Waals surface area contributed by atoms with Crippen LogP contribution in [0, 0.1) is 23.0 Å². The van der Waals surface area contributed by atoms with E-state index in [4.69, 9.17) is 16.3 Å². The van der Waals surface area contributed by atoms with Crippen LogP contribution in [0.3, 0.4) is 0 Å². The molecule has 0 saturated heterocycles. The molecule has 14 heteroatoms. The first-order valence-electron chi connectivity index (χ1n) is 13.5. The molecule has 2 atom stereocenters. The van der Waals surface area contributed by atoms with Gasteiger partial charge in [-0.15, -0.1) is 0 Å². The number of nitrogens with one attached hydrogen (secondary N) is 2. The molecular weight excluding hydrogens is 608 g/mol. The molecule has 0 saturated carbocycles. The van der Waals surface area contributed by atoms with Gasteiger partial charge in [-0.25, -0.2) is 22.7 Å². The zero-order chi connectivity index (χ0) is 32.1. The number of carbonyl (C=O) groups excluding carboxylic acids is 2. The van der Waals surface area contributed by atoms with Crippen LogP contribution in [0.15, 0.2) is 57.6 Å².